The molecule has 0 aliphatic heterocycles. The predicted molar refractivity (Wildman–Crippen MR) is 79.1 cm³/mol. The molecule has 2 aromatic rings. The van der Waals surface area contributed by atoms with Crippen molar-refractivity contribution < 1.29 is 32.6 Å². The van der Waals surface area contributed by atoms with E-state index in [0.29, 0.717) is 11.3 Å². The topological polar surface area (TPSA) is 101 Å². The Labute approximate surface area is 139 Å². The number of nitrogens with one attached hydrogen (secondary N) is 1. The molecule has 2 rings (SSSR count). The summed E-state index contributed by atoms with van der Waals surface area (Å²) in [5.41, 5.74) is 0.348. The van der Waals surface area contributed by atoms with Crippen LogP contribution in [0.1, 0.15) is 26.5 Å². The van der Waals surface area contributed by atoms with Crippen molar-refractivity contribution in [2.45, 2.75) is 12.8 Å². The van der Waals surface area contributed by atoms with E-state index in [1.807, 2.05) is 0 Å². The Balaban J connectivity index is 1.98. The summed E-state index contributed by atoms with van der Waals surface area (Å²) in [6.07, 6.45) is -2.46. The molecule has 0 saturated heterocycles. The lowest BCUT2D eigenvalue weighted by Gasteiger charge is -2.09. The van der Waals surface area contributed by atoms with E-state index in [1.165, 1.54) is 12.1 Å². The number of halogens is 3. The van der Waals surface area contributed by atoms with Crippen LogP contribution in [0.3, 0.4) is 0 Å². The molecule has 1 aromatic heterocycles. The van der Waals surface area contributed by atoms with E-state index in [4.69, 9.17) is 5.11 Å². The maximum atomic E-state index is 12.0. The lowest BCUT2D eigenvalue weighted by molar-refractivity contribution is -0.176. The first-order chi connectivity index (χ1) is 11.7. The first-order valence-electron chi connectivity index (χ1n) is 6.85. The number of carboxylic acids is 1. The second-order valence-electron chi connectivity index (χ2n) is 4.85. The number of rotatable bonds is 6. The Bertz CT molecular complexity index is 763. The van der Waals surface area contributed by atoms with E-state index in [9.17, 15) is 22.8 Å². The van der Waals surface area contributed by atoms with E-state index in [-0.39, 0.29) is 18.0 Å². The van der Waals surface area contributed by atoms with Crippen LogP contribution in [0.15, 0.2) is 36.7 Å². The summed E-state index contributed by atoms with van der Waals surface area (Å²) in [6.45, 7) is -1.63. The van der Waals surface area contributed by atoms with Crippen LogP contribution in [0.25, 0.3) is 0 Å². The summed E-state index contributed by atoms with van der Waals surface area (Å²) in [6, 6.07) is 6.08. The molecular formula is C15H12F3N3O4. The average Bonchev–Trinajstić information content (AvgIpc) is 2.54. The Morgan fingerprint density at radius 2 is 1.84 bits per heavy atom. The molecule has 2 N–H and O–H groups in total. The van der Waals surface area contributed by atoms with Gasteiger partial charge in [0.05, 0.1) is 19.0 Å². The maximum absolute atomic E-state index is 12.0. The van der Waals surface area contributed by atoms with Gasteiger partial charge in [-0.05, 0) is 17.7 Å². The third-order valence-electron chi connectivity index (χ3n) is 2.82. The van der Waals surface area contributed by atoms with Gasteiger partial charge in [-0.3, -0.25) is 4.79 Å². The van der Waals surface area contributed by atoms with Crippen molar-refractivity contribution in [3.8, 4) is 0 Å². The van der Waals surface area contributed by atoms with Crippen molar-refractivity contribution in [3.05, 3.63) is 53.6 Å². The number of benzene rings is 1. The van der Waals surface area contributed by atoms with Gasteiger partial charge >= 0.3 is 12.1 Å². The number of anilines is 1. The third-order valence-corrected chi connectivity index (χ3v) is 2.82. The van der Waals surface area contributed by atoms with Crippen LogP contribution in [-0.2, 0) is 11.3 Å². The molecule has 1 aromatic carbocycles. The fraction of sp³-hybridized carbons (Fsp3) is 0.200. The molecule has 25 heavy (non-hydrogen) atoms. The number of carboxylic acid groups (broad SMARTS) is 1. The van der Waals surface area contributed by atoms with E-state index >= 15 is 0 Å². The first-order valence-corrected chi connectivity index (χ1v) is 6.85. The third kappa shape index (κ3) is 5.84. The summed E-state index contributed by atoms with van der Waals surface area (Å²) >= 11 is 0. The van der Waals surface area contributed by atoms with Gasteiger partial charge in [-0.25, -0.2) is 14.8 Å². The molecular weight excluding hydrogens is 343 g/mol. The summed E-state index contributed by atoms with van der Waals surface area (Å²) in [5, 5.41) is 11.2. The zero-order chi connectivity index (χ0) is 18.4. The van der Waals surface area contributed by atoms with Gasteiger partial charge in [0, 0.05) is 5.69 Å². The van der Waals surface area contributed by atoms with Crippen molar-refractivity contribution in [1.82, 2.24) is 9.97 Å². The SMILES string of the molecule is O=C(O)c1cnc(C(=O)Nc2cccc(COCC(F)(F)F)c2)cn1. The monoisotopic (exact) mass is 355 g/mol. The summed E-state index contributed by atoms with van der Waals surface area (Å²) < 4.78 is 40.7. The highest BCUT2D eigenvalue weighted by atomic mass is 19.4. The van der Waals surface area contributed by atoms with Crippen molar-refractivity contribution in [2.75, 3.05) is 11.9 Å². The number of nitrogens with zero attached hydrogens (tertiary/aromatic N) is 2. The molecule has 132 valence electrons. The first kappa shape index (κ1) is 18.3. The fourth-order valence-electron chi connectivity index (χ4n) is 1.77. The van der Waals surface area contributed by atoms with Gasteiger partial charge in [0.2, 0.25) is 0 Å². The molecule has 10 heteroatoms. The molecule has 0 saturated carbocycles. The number of ether oxygens (including phenoxy) is 1. The Hall–Kier alpha value is -3.01. The normalized spacial score (nSPS) is 11.2. The Kier molecular flexibility index (Phi) is 5.65. The maximum Gasteiger partial charge on any atom is 0.411 e. The molecule has 1 amide bonds. The number of amides is 1. The van der Waals surface area contributed by atoms with Gasteiger partial charge < -0.3 is 15.2 Å². The highest BCUT2D eigenvalue weighted by molar-refractivity contribution is 6.02. The van der Waals surface area contributed by atoms with Crippen LogP contribution in [0.4, 0.5) is 18.9 Å². The number of hydrogen-bond acceptors (Lipinski definition) is 5. The zero-order valence-corrected chi connectivity index (χ0v) is 12.6. The minimum Gasteiger partial charge on any atom is -0.476 e. The second kappa shape index (κ2) is 7.71. The van der Waals surface area contributed by atoms with E-state index in [2.05, 4.69) is 20.0 Å². The largest absolute Gasteiger partial charge is 0.476 e. The van der Waals surface area contributed by atoms with Gasteiger partial charge in [0.1, 0.15) is 12.3 Å². The van der Waals surface area contributed by atoms with Crippen LogP contribution in [0.2, 0.25) is 0 Å². The molecule has 7 nitrogen and oxygen atoms in total. The lowest BCUT2D eigenvalue weighted by atomic mass is 10.2. The van der Waals surface area contributed by atoms with Crippen molar-refractivity contribution >= 4 is 17.6 Å². The van der Waals surface area contributed by atoms with Crippen LogP contribution < -0.4 is 5.32 Å². The van der Waals surface area contributed by atoms with Gasteiger partial charge in [0.15, 0.2) is 5.69 Å². The van der Waals surface area contributed by atoms with E-state index < -0.39 is 24.7 Å². The Morgan fingerprint density at radius 3 is 2.44 bits per heavy atom. The van der Waals surface area contributed by atoms with Gasteiger partial charge in [-0.15, -0.1) is 0 Å². The number of aromatic nitrogens is 2. The van der Waals surface area contributed by atoms with E-state index in [1.54, 1.807) is 12.1 Å². The molecule has 0 fully saturated rings. The standard InChI is InChI=1S/C15H12F3N3O4/c16-15(17,18)8-25-7-9-2-1-3-10(4-9)21-13(22)11-5-20-12(6-19-11)14(23)24/h1-6H,7-8H2,(H,21,22)(H,23,24). The Morgan fingerprint density at radius 1 is 1.16 bits per heavy atom. The second-order valence-corrected chi connectivity index (χ2v) is 4.85. The zero-order valence-electron chi connectivity index (χ0n) is 12.6. The quantitative estimate of drug-likeness (QED) is 0.826. The number of alkyl halides is 3. The van der Waals surface area contributed by atoms with Crippen molar-refractivity contribution in [1.29, 1.82) is 0 Å². The summed E-state index contributed by atoms with van der Waals surface area (Å²) in [7, 11) is 0. The minimum absolute atomic E-state index is 0.108. The van der Waals surface area contributed by atoms with Crippen LogP contribution in [0, 0.1) is 0 Å². The molecule has 1 heterocycles. The van der Waals surface area contributed by atoms with Gasteiger partial charge in [-0.1, -0.05) is 12.1 Å². The molecule has 0 atom stereocenters. The molecule has 0 aliphatic carbocycles. The fourth-order valence-corrected chi connectivity index (χ4v) is 1.77. The number of hydrogen-bond donors (Lipinski definition) is 2. The number of carbonyl (C=O) groups excluding carboxylic acids is 1. The van der Waals surface area contributed by atoms with Gasteiger partial charge in [-0.2, -0.15) is 13.2 Å². The van der Waals surface area contributed by atoms with E-state index in [0.717, 1.165) is 12.4 Å². The molecule has 0 radical (unpaired) electrons. The molecule has 0 spiro atoms. The molecule has 0 bridgehead atoms. The van der Waals surface area contributed by atoms with Crippen LogP contribution >= 0.6 is 0 Å². The molecule has 0 unspecified atom stereocenters. The highest BCUT2D eigenvalue weighted by Gasteiger charge is 2.27. The van der Waals surface area contributed by atoms with Crippen molar-refractivity contribution in [2.24, 2.45) is 0 Å². The number of carbonyl (C=O) groups is 2. The average molecular weight is 355 g/mol. The minimum atomic E-state index is -4.41. The van der Waals surface area contributed by atoms with Crippen LogP contribution in [-0.4, -0.2) is 39.7 Å². The summed E-state index contributed by atoms with van der Waals surface area (Å²) in [5.74, 6) is -1.91. The smallest absolute Gasteiger partial charge is 0.411 e. The predicted octanol–water partition coefficient (Wildman–Crippen LogP) is 2.51. The van der Waals surface area contributed by atoms with Gasteiger partial charge in [0.25, 0.3) is 5.91 Å². The van der Waals surface area contributed by atoms with Crippen LogP contribution in [0.5, 0.6) is 0 Å². The summed E-state index contributed by atoms with van der Waals surface area (Å²) in [4.78, 5) is 29.9. The van der Waals surface area contributed by atoms with Crippen molar-refractivity contribution in [3.63, 3.8) is 0 Å². The lowest BCUT2D eigenvalue weighted by Crippen LogP contribution is -2.17. The number of aromatic carboxylic acids is 1. The highest BCUT2D eigenvalue weighted by Crippen LogP contribution is 2.17. The molecule has 0 aliphatic rings.